The van der Waals surface area contributed by atoms with Crippen molar-refractivity contribution in [2.75, 3.05) is 0 Å². The minimum Gasteiger partial charge on any atom is -0.858 e. The first kappa shape index (κ1) is 61.6. The van der Waals surface area contributed by atoms with Gasteiger partial charge in [-0.05, 0) is 153 Å². The molecule has 7 heterocycles. The van der Waals surface area contributed by atoms with Crippen LogP contribution in [0.1, 0.15) is 84.9 Å². The van der Waals surface area contributed by atoms with Crippen molar-refractivity contribution in [3.8, 4) is 22.9 Å². The summed E-state index contributed by atoms with van der Waals surface area (Å²) in [6.45, 7) is 15.7. The zero-order valence-electron chi connectivity index (χ0n) is 45.3. The monoisotopic (exact) mass is 1260 g/mol. The van der Waals surface area contributed by atoms with Crippen LogP contribution in [0.15, 0.2) is 173 Å². The van der Waals surface area contributed by atoms with Crippen LogP contribution in [0.2, 0.25) is 10.0 Å². The molecule has 4 aromatic carbocycles. The second kappa shape index (κ2) is 25.8. The Kier molecular flexibility index (Phi) is 19.9. The molecule has 0 amide bonds. The molecule has 0 radical (unpaired) electrons. The minimum atomic E-state index is -0.481. The van der Waals surface area contributed by atoms with Crippen LogP contribution in [-0.4, -0.2) is 48.2 Å². The van der Waals surface area contributed by atoms with E-state index in [0.29, 0.717) is 19.8 Å². The number of halogens is 3. The number of H-pyrrole nitrogens is 2. The predicted molar refractivity (Wildman–Crippen MR) is 322 cm³/mol. The molecule has 16 nitrogen and oxygen atoms in total. The van der Waals surface area contributed by atoms with E-state index >= 15 is 0 Å². The van der Waals surface area contributed by atoms with E-state index in [2.05, 4.69) is 36.4 Å². The molecule has 0 bridgehead atoms. The average Bonchev–Trinajstić information content (AvgIpc) is 4.43. The molecule has 10 aromatic rings. The third kappa shape index (κ3) is 13.0. The molecular weight excluding hydrogens is 1200 g/mol. The highest BCUT2D eigenvalue weighted by molar-refractivity contribution is 9.10. The molecule has 6 aromatic heterocycles. The van der Waals surface area contributed by atoms with Crippen LogP contribution < -0.4 is 39.1 Å². The van der Waals surface area contributed by atoms with Gasteiger partial charge >= 0.3 is 7.12 Å². The van der Waals surface area contributed by atoms with Crippen LogP contribution in [0, 0.1) is 27.7 Å². The first-order valence-corrected chi connectivity index (χ1v) is 29.3. The summed E-state index contributed by atoms with van der Waals surface area (Å²) in [6.07, 6.45) is 0. The number of thiophene rings is 2. The van der Waals surface area contributed by atoms with Gasteiger partial charge in [0.05, 0.1) is 54.5 Å². The summed E-state index contributed by atoms with van der Waals surface area (Å²) in [5, 5.41) is 48.9. The molecule has 10 N–H and O–H groups in total. The van der Waals surface area contributed by atoms with Gasteiger partial charge in [-0.2, -0.15) is 22.7 Å². The van der Waals surface area contributed by atoms with Crippen molar-refractivity contribution in [1.82, 2.24) is 42.2 Å². The maximum atomic E-state index is 13.4. The van der Waals surface area contributed by atoms with Crippen LogP contribution >= 0.6 is 85.3 Å². The predicted octanol–water partition coefficient (Wildman–Crippen LogP) is 13.9. The van der Waals surface area contributed by atoms with Gasteiger partial charge in [0.1, 0.15) is 11.5 Å². The number of nitrogens with zero attached hydrogens (tertiary/aromatic N) is 4. The molecule has 0 aliphatic carbocycles. The van der Waals surface area contributed by atoms with E-state index in [1.165, 1.54) is 20.7 Å². The normalized spacial score (nSPS) is 14.0. The number of nitrogens with one attached hydrogen (secondary N) is 2. The van der Waals surface area contributed by atoms with Crippen molar-refractivity contribution in [2.45, 2.75) is 98.3 Å². The topological polar surface area (TPSA) is 265 Å². The summed E-state index contributed by atoms with van der Waals surface area (Å²) >= 11 is 21.1. The lowest BCUT2D eigenvalue weighted by atomic mass is 9.77. The Morgan fingerprint density at radius 3 is 1.43 bits per heavy atom. The average molecular weight is 1260 g/mol. The van der Waals surface area contributed by atoms with Gasteiger partial charge in [0, 0.05) is 37.0 Å². The first-order chi connectivity index (χ1) is 37.2. The van der Waals surface area contributed by atoms with E-state index < -0.39 is 23.2 Å². The van der Waals surface area contributed by atoms with Crippen molar-refractivity contribution in [2.24, 2.45) is 0 Å². The van der Waals surface area contributed by atoms with Gasteiger partial charge in [-0.3, -0.25) is 29.2 Å². The van der Waals surface area contributed by atoms with Crippen LogP contribution in [0.5, 0.6) is 11.8 Å². The number of benzene rings is 4. The molecule has 418 valence electrons. The maximum Gasteiger partial charge on any atom is 0.500 e. The van der Waals surface area contributed by atoms with E-state index in [4.69, 9.17) is 41.6 Å². The third-order valence-corrected chi connectivity index (χ3v) is 18.4. The summed E-state index contributed by atoms with van der Waals surface area (Å²) in [4.78, 5) is 26.9. The molecule has 2 unspecified atom stereocenters. The largest absolute Gasteiger partial charge is 0.858 e. The van der Waals surface area contributed by atoms with E-state index in [0.717, 1.165) is 89.7 Å². The van der Waals surface area contributed by atoms with Gasteiger partial charge in [-0.1, -0.05) is 134 Å². The maximum absolute atomic E-state index is 13.4. The van der Waals surface area contributed by atoms with Crippen LogP contribution in [0.4, 0.5) is 0 Å². The first-order valence-electron chi connectivity index (χ1n) is 24.2. The molecule has 2 atom stereocenters. The Balaban J connectivity index is 0.000000181. The molecular formula is C56H58BBrCl2N8O8S4. The molecule has 11 rings (SSSR count). The molecule has 1 fully saturated rings. The van der Waals surface area contributed by atoms with Gasteiger partial charge in [0.15, 0.2) is 0 Å². The Morgan fingerprint density at radius 2 is 1.04 bits per heavy atom. The number of hydrogen-bond donors (Lipinski definition) is 4. The number of aromatic amines is 2. The van der Waals surface area contributed by atoms with Crippen molar-refractivity contribution in [3.05, 3.63) is 211 Å². The summed E-state index contributed by atoms with van der Waals surface area (Å²) in [5.74, 6) is 0.753. The molecule has 1 aliphatic heterocycles. The number of aryl methyl sites for hydroxylation is 4. The molecule has 1 saturated heterocycles. The van der Waals surface area contributed by atoms with E-state index in [-0.39, 0.29) is 52.2 Å². The summed E-state index contributed by atoms with van der Waals surface area (Å²) in [7, 11) is -0.378. The third-order valence-electron chi connectivity index (χ3n) is 13.3. The lowest BCUT2D eigenvalue weighted by Crippen LogP contribution is -2.41. The number of hydrogen-bond acceptors (Lipinski definition) is 14. The number of quaternary nitrogens is 2. The van der Waals surface area contributed by atoms with Crippen LogP contribution in [0.3, 0.4) is 0 Å². The van der Waals surface area contributed by atoms with Gasteiger partial charge in [0.2, 0.25) is 0 Å². The quantitative estimate of drug-likeness (QED) is 0.0832. The van der Waals surface area contributed by atoms with Gasteiger partial charge in [0.25, 0.3) is 11.1 Å². The lowest BCUT2D eigenvalue weighted by Gasteiger charge is -2.32. The Hall–Kier alpha value is -6.02. The second-order valence-corrected chi connectivity index (χ2v) is 24.5. The van der Waals surface area contributed by atoms with Crippen LogP contribution in [0.25, 0.3) is 11.1 Å². The highest BCUT2D eigenvalue weighted by atomic mass is 79.9. The summed E-state index contributed by atoms with van der Waals surface area (Å²) < 4.78 is 26.1. The highest BCUT2D eigenvalue weighted by Crippen LogP contribution is 2.41. The Morgan fingerprint density at radius 1 is 0.613 bits per heavy atom. The summed E-state index contributed by atoms with van der Waals surface area (Å²) in [6, 6.07) is 32.9. The minimum absolute atomic E-state index is 0. The molecule has 1 aliphatic rings. The zero-order valence-corrected chi connectivity index (χ0v) is 51.6. The Labute approximate surface area is 497 Å². The number of rotatable bonds is 12. The van der Waals surface area contributed by atoms with Gasteiger partial charge < -0.3 is 40.9 Å². The molecule has 80 heavy (non-hydrogen) atoms. The SMILES string of the molecule is Cc1noc(C)c1-c1ccc(C(c2ccsc2)n2[nH]c(=O)c(Sc3ccccc3Cl)c2[O-])cc1.Cc1noc(C)c1B1OC(C)(C)C(C)(C)O1.O=c1[nH]n(C(c2ccc(Br)cc2)c2ccsc2)c([O-])c1Sc1ccccc1Cl.[NH4+].[NH4+]. The van der Waals surface area contributed by atoms with Gasteiger partial charge in [-0.25, -0.2) is 0 Å². The molecule has 24 heteroatoms. The fourth-order valence-corrected chi connectivity index (χ4v) is 12.5. The van der Waals surface area contributed by atoms with Crippen LogP contribution in [-0.2, 0) is 9.31 Å². The smallest absolute Gasteiger partial charge is 0.500 e. The van der Waals surface area contributed by atoms with E-state index in [1.807, 2.05) is 150 Å². The van der Waals surface area contributed by atoms with Crippen molar-refractivity contribution < 1.29 is 28.6 Å². The standard InChI is InChI=1S/C25H20ClN3O3S2.C20H14BrClN2O2S2.C11H18BNO3.2H3N/c1-14-21(15(2)32-28-14)16-7-9-17(10-8-16)22(18-11-12-33-13-18)29-25(31)23(24(30)27-29)34-20-6-4-3-5-19(20)26;21-14-7-5-12(6-8-14)17(13-9-10-27-11-13)24-20(26)18(19(25)23-24)28-16-4-2-1-3-15(16)22;1-7-9(8(2)14-13-7)12-15-10(3,4)11(5,6)16-12;;/h3-13,22,31H,1-2H3,(H,27,30);1-11,17,26H,(H,23,25);1-6H3;2*1H3. The molecule has 0 saturated carbocycles. The van der Waals surface area contributed by atoms with Crippen molar-refractivity contribution >= 4 is 97.9 Å². The van der Waals surface area contributed by atoms with Crippen molar-refractivity contribution in [3.63, 3.8) is 0 Å². The van der Waals surface area contributed by atoms with Crippen molar-refractivity contribution in [1.29, 1.82) is 0 Å². The second-order valence-electron chi connectivity index (χ2n) is 19.1. The highest BCUT2D eigenvalue weighted by Gasteiger charge is 2.53. The fraction of sp³-hybridized carbons (Fsp3) is 0.214. The summed E-state index contributed by atoms with van der Waals surface area (Å²) in [5.41, 5.74) is 6.59. The lowest BCUT2D eigenvalue weighted by molar-refractivity contribution is -0.284. The van der Waals surface area contributed by atoms with E-state index in [9.17, 15) is 19.8 Å². The van der Waals surface area contributed by atoms with Gasteiger partial charge in [-0.15, -0.1) is 0 Å². The Bertz CT molecular complexity index is 3750. The molecule has 0 spiro atoms. The fourth-order valence-electron chi connectivity index (χ4n) is 8.66. The number of aromatic nitrogens is 6. The zero-order chi connectivity index (χ0) is 55.6. The van der Waals surface area contributed by atoms with E-state index in [1.54, 1.807) is 47.7 Å².